The van der Waals surface area contributed by atoms with Gasteiger partial charge in [-0.25, -0.2) is 0 Å². The SMILES string of the molecule is Cc1cc(C(=O)N(CCCN(C)C)CC2CCN(C3Cc4ccccc4C3)CC2)n[nH]1. The highest BCUT2D eigenvalue weighted by molar-refractivity contribution is 5.92. The number of amides is 1. The molecule has 31 heavy (non-hydrogen) atoms. The summed E-state index contributed by atoms with van der Waals surface area (Å²) in [6.45, 7) is 6.86. The number of fused-ring (bicyclic) bond motifs is 1. The lowest BCUT2D eigenvalue weighted by Gasteiger charge is -2.37. The summed E-state index contributed by atoms with van der Waals surface area (Å²) in [5.41, 5.74) is 4.54. The number of aromatic amines is 1. The Bertz CT molecular complexity index is 843. The van der Waals surface area contributed by atoms with Crippen molar-refractivity contribution in [3.8, 4) is 0 Å². The van der Waals surface area contributed by atoms with Gasteiger partial charge in [-0.05, 0) is 95.9 Å². The molecule has 2 aromatic rings. The zero-order chi connectivity index (χ0) is 21.8. The van der Waals surface area contributed by atoms with Crippen LogP contribution in [-0.2, 0) is 12.8 Å². The molecule has 0 radical (unpaired) electrons. The minimum absolute atomic E-state index is 0.0665. The van der Waals surface area contributed by atoms with Crippen LogP contribution in [0.5, 0.6) is 0 Å². The Labute approximate surface area is 186 Å². The fourth-order valence-corrected chi connectivity index (χ4v) is 5.15. The second-order valence-corrected chi connectivity index (χ2v) is 9.65. The Balaban J connectivity index is 1.32. The van der Waals surface area contributed by atoms with Gasteiger partial charge in [0.1, 0.15) is 5.69 Å². The molecule has 6 nitrogen and oxygen atoms in total. The number of carbonyl (C=O) groups is 1. The van der Waals surface area contributed by atoms with Crippen molar-refractivity contribution in [1.82, 2.24) is 24.9 Å². The van der Waals surface area contributed by atoms with Gasteiger partial charge in [-0.1, -0.05) is 24.3 Å². The van der Waals surface area contributed by atoms with Gasteiger partial charge in [0.25, 0.3) is 5.91 Å². The molecule has 1 N–H and O–H groups in total. The average molecular weight is 424 g/mol. The minimum Gasteiger partial charge on any atom is -0.337 e. The van der Waals surface area contributed by atoms with Gasteiger partial charge in [-0.15, -0.1) is 0 Å². The molecule has 1 fully saturated rings. The third-order valence-corrected chi connectivity index (χ3v) is 6.92. The molecule has 1 amide bonds. The Kier molecular flexibility index (Phi) is 7.08. The van der Waals surface area contributed by atoms with E-state index < -0.39 is 0 Å². The Morgan fingerprint density at radius 2 is 1.81 bits per heavy atom. The normalized spacial score (nSPS) is 17.9. The van der Waals surface area contributed by atoms with Crippen LogP contribution in [0.15, 0.2) is 30.3 Å². The van der Waals surface area contributed by atoms with E-state index in [1.54, 1.807) is 0 Å². The maximum absolute atomic E-state index is 13.1. The molecular formula is C25H37N5O. The smallest absolute Gasteiger partial charge is 0.274 e. The number of piperidine rings is 1. The predicted molar refractivity (Wildman–Crippen MR) is 124 cm³/mol. The topological polar surface area (TPSA) is 55.5 Å². The van der Waals surface area contributed by atoms with Crippen molar-refractivity contribution >= 4 is 5.91 Å². The molecule has 1 aromatic carbocycles. The van der Waals surface area contributed by atoms with Crippen molar-refractivity contribution in [1.29, 1.82) is 0 Å². The van der Waals surface area contributed by atoms with E-state index in [-0.39, 0.29) is 5.91 Å². The average Bonchev–Trinajstić information content (AvgIpc) is 3.39. The van der Waals surface area contributed by atoms with Crippen LogP contribution < -0.4 is 0 Å². The van der Waals surface area contributed by atoms with Crippen LogP contribution >= 0.6 is 0 Å². The van der Waals surface area contributed by atoms with Gasteiger partial charge in [-0.3, -0.25) is 14.8 Å². The fourth-order valence-electron chi connectivity index (χ4n) is 5.15. The summed E-state index contributed by atoms with van der Waals surface area (Å²) >= 11 is 0. The number of likely N-dealkylation sites (tertiary alicyclic amines) is 1. The van der Waals surface area contributed by atoms with Gasteiger partial charge in [0.2, 0.25) is 0 Å². The molecule has 1 aromatic heterocycles. The lowest BCUT2D eigenvalue weighted by molar-refractivity contribution is 0.0655. The minimum atomic E-state index is 0.0665. The molecule has 4 rings (SSSR count). The summed E-state index contributed by atoms with van der Waals surface area (Å²) < 4.78 is 0. The van der Waals surface area contributed by atoms with Crippen LogP contribution in [0.4, 0.5) is 0 Å². The number of carbonyl (C=O) groups excluding carboxylic acids is 1. The second kappa shape index (κ2) is 9.96. The Morgan fingerprint density at radius 3 is 2.39 bits per heavy atom. The third kappa shape index (κ3) is 5.55. The first-order valence-corrected chi connectivity index (χ1v) is 11.8. The van der Waals surface area contributed by atoms with Crippen LogP contribution in [0, 0.1) is 12.8 Å². The molecule has 0 spiro atoms. The molecule has 6 heteroatoms. The highest BCUT2D eigenvalue weighted by Crippen LogP contribution is 2.29. The Hall–Kier alpha value is -2.18. The zero-order valence-corrected chi connectivity index (χ0v) is 19.3. The van der Waals surface area contributed by atoms with Gasteiger partial charge in [0.05, 0.1) is 0 Å². The number of aromatic nitrogens is 2. The van der Waals surface area contributed by atoms with E-state index in [4.69, 9.17) is 0 Å². The van der Waals surface area contributed by atoms with Gasteiger partial charge < -0.3 is 9.80 Å². The maximum atomic E-state index is 13.1. The van der Waals surface area contributed by atoms with Gasteiger partial charge in [-0.2, -0.15) is 5.10 Å². The molecule has 1 saturated heterocycles. The number of benzene rings is 1. The molecule has 0 saturated carbocycles. The molecule has 1 aliphatic heterocycles. The van der Waals surface area contributed by atoms with E-state index >= 15 is 0 Å². The van der Waals surface area contributed by atoms with Crippen LogP contribution in [0.3, 0.4) is 0 Å². The summed E-state index contributed by atoms with van der Waals surface area (Å²) in [4.78, 5) is 20.0. The molecule has 0 bridgehead atoms. The number of hydrogen-bond donors (Lipinski definition) is 1. The second-order valence-electron chi connectivity index (χ2n) is 9.65. The molecule has 2 aliphatic rings. The molecular weight excluding hydrogens is 386 g/mol. The molecule has 168 valence electrons. The van der Waals surface area contributed by atoms with Gasteiger partial charge >= 0.3 is 0 Å². The van der Waals surface area contributed by atoms with E-state index in [9.17, 15) is 4.79 Å². The van der Waals surface area contributed by atoms with E-state index in [0.29, 0.717) is 17.7 Å². The predicted octanol–water partition coefficient (Wildman–Crippen LogP) is 2.99. The molecule has 2 heterocycles. The number of rotatable bonds is 8. The van der Waals surface area contributed by atoms with Crippen LogP contribution in [-0.4, -0.2) is 83.7 Å². The first kappa shape index (κ1) is 22.0. The van der Waals surface area contributed by atoms with Crippen molar-refractivity contribution in [2.45, 2.75) is 45.1 Å². The fraction of sp³-hybridized carbons (Fsp3) is 0.600. The highest BCUT2D eigenvalue weighted by atomic mass is 16.2. The van der Waals surface area contributed by atoms with E-state index in [2.05, 4.69) is 58.4 Å². The summed E-state index contributed by atoms with van der Waals surface area (Å²) in [5, 5.41) is 7.14. The lowest BCUT2D eigenvalue weighted by Crippen LogP contribution is -2.45. The van der Waals surface area contributed by atoms with E-state index in [0.717, 1.165) is 44.8 Å². The van der Waals surface area contributed by atoms with E-state index in [1.807, 2.05) is 17.9 Å². The number of nitrogens with one attached hydrogen (secondary N) is 1. The summed E-state index contributed by atoms with van der Waals surface area (Å²) in [6.07, 6.45) is 5.71. The van der Waals surface area contributed by atoms with Gasteiger partial charge in [0, 0.05) is 24.8 Å². The third-order valence-electron chi connectivity index (χ3n) is 6.92. The summed E-state index contributed by atoms with van der Waals surface area (Å²) in [6, 6.07) is 11.4. The summed E-state index contributed by atoms with van der Waals surface area (Å²) in [5.74, 6) is 0.639. The number of H-pyrrole nitrogens is 1. The van der Waals surface area contributed by atoms with Crippen molar-refractivity contribution in [3.63, 3.8) is 0 Å². The maximum Gasteiger partial charge on any atom is 0.274 e. The van der Waals surface area contributed by atoms with E-state index in [1.165, 1.54) is 36.8 Å². The zero-order valence-electron chi connectivity index (χ0n) is 19.3. The van der Waals surface area contributed by atoms with Crippen LogP contribution in [0.1, 0.15) is 46.6 Å². The van der Waals surface area contributed by atoms with Crippen molar-refractivity contribution < 1.29 is 4.79 Å². The highest BCUT2D eigenvalue weighted by Gasteiger charge is 2.31. The van der Waals surface area contributed by atoms with Gasteiger partial charge in [0.15, 0.2) is 0 Å². The molecule has 1 aliphatic carbocycles. The standard InChI is InChI=1S/C25H37N5O/c1-19-15-24(27-26-19)25(31)30(12-6-11-28(2)3)18-20-9-13-29(14-10-20)23-16-21-7-4-5-8-22(21)17-23/h4-5,7-8,15,20,23H,6,9-14,16-18H2,1-3H3,(H,26,27). The first-order chi connectivity index (χ1) is 15.0. The van der Waals surface area contributed by atoms with Crippen molar-refractivity contribution in [2.24, 2.45) is 5.92 Å². The Morgan fingerprint density at radius 1 is 1.13 bits per heavy atom. The number of hydrogen-bond acceptors (Lipinski definition) is 4. The number of aryl methyl sites for hydroxylation is 1. The van der Waals surface area contributed by atoms with Crippen LogP contribution in [0.25, 0.3) is 0 Å². The van der Waals surface area contributed by atoms with Crippen LogP contribution in [0.2, 0.25) is 0 Å². The number of nitrogens with zero attached hydrogens (tertiary/aromatic N) is 4. The van der Waals surface area contributed by atoms with Crippen molar-refractivity contribution in [2.75, 3.05) is 46.8 Å². The largest absolute Gasteiger partial charge is 0.337 e. The lowest BCUT2D eigenvalue weighted by atomic mass is 9.94. The quantitative estimate of drug-likeness (QED) is 0.709. The van der Waals surface area contributed by atoms with Crippen molar-refractivity contribution in [3.05, 3.63) is 52.8 Å². The first-order valence-electron chi connectivity index (χ1n) is 11.8. The monoisotopic (exact) mass is 423 g/mol. The molecule has 0 atom stereocenters. The summed E-state index contributed by atoms with van der Waals surface area (Å²) in [7, 11) is 4.17. The molecule has 0 unspecified atom stereocenters.